The lowest BCUT2D eigenvalue weighted by molar-refractivity contribution is 0.627. The third-order valence-corrected chi connectivity index (χ3v) is 4.93. The highest BCUT2D eigenvalue weighted by Crippen LogP contribution is 2.23. The van der Waals surface area contributed by atoms with E-state index in [0.717, 1.165) is 38.4 Å². The van der Waals surface area contributed by atoms with Gasteiger partial charge in [0.25, 0.3) is 0 Å². The van der Waals surface area contributed by atoms with E-state index in [0.29, 0.717) is 5.71 Å². The summed E-state index contributed by atoms with van der Waals surface area (Å²) in [7, 11) is 4.03. The van der Waals surface area contributed by atoms with Crippen LogP contribution in [0.3, 0.4) is 0 Å². The van der Waals surface area contributed by atoms with Crippen LogP contribution in [-0.4, -0.2) is 19.8 Å². The third kappa shape index (κ3) is 3.52. The zero-order chi connectivity index (χ0) is 19.7. The summed E-state index contributed by atoms with van der Waals surface area (Å²) >= 11 is 0. The van der Waals surface area contributed by atoms with Gasteiger partial charge >= 0.3 is 0 Å². The molecular weight excluding hydrogens is 347 g/mol. The van der Waals surface area contributed by atoms with E-state index in [1.54, 1.807) is 6.08 Å². The molecule has 0 bridgehead atoms. The lowest BCUT2D eigenvalue weighted by atomic mass is 9.93. The molecule has 0 heterocycles. The number of anilines is 1. The van der Waals surface area contributed by atoms with Crippen LogP contribution in [0.25, 0.3) is 17.7 Å². The number of nitrogens with zero attached hydrogens (tertiary/aromatic N) is 1. The lowest BCUT2D eigenvalue weighted by Crippen LogP contribution is -2.18. The summed E-state index contributed by atoms with van der Waals surface area (Å²) in [5, 5.41) is 9.92. The third-order valence-electron chi connectivity index (χ3n) is 4.93. The average molecular weight is 368 g/mol. The van der Waals surface area contributed by atoms with E-state index in [-0.39, 0.29) is 5.82 Å². The van der Waals surface area contributed by atoms with Crippen LogP contribution in [0.2, 0.25) is 0 Å². The number of allylic oxidation sites excluding steroid dienone is 1. The van der Waals surface area contributed by atoms with Crippen molar-refractivity contribution in [1.29, 1.82) is 5.41 Å². The number of hydrogen-bond acceptors (Lipinski definition) is 2. The summed E-state index contributed by atoms with van der Waals surface area (Å²) in [6.07, 6.45) is 5.64. The van der Waals surface area contributed by atoms with Gasteiger partial charge in [0.1, 0.15) is 5.82 Å². The maximum Gasteiger partial charge on any atom is 0.123 e. The zero-order valence-corrected chi connectivity index (χ0v) is 15.9. The Bertz CT molecular complexity index is 1180. The molecule has 0 atom stereocenters. The fourth-order valence-electron chi connectivity index (χ4n) is 3.44. The molecule has 3 aromatic carbocycles. The van der Waals surface area contributed by atoms with Crippen LogP contribution in [-0.2, 0) is 0 Å². The molecule has 3 aromatic rings. The Balaban J connectivity index is 1.97. The topological polar surface area (TPSA) is 27.1 Å². The molecule has 1 N–H and O–H groups in total. The number of rotatable bonds is 3. The molecule has 2 nitrogen and oxygen atoms in total. The zero-order valence-electron chi connectivity index (χ0n) is 15.9. The van der Waals surface area contributed by atoms with Gasteiger partial charge in [0.2, 0.25) is 0 Å². The van der Waals surface area contributed by atoms with Crippen LogP contribution < -0.4 is 15.3 Å². The molecule has 0 fully saturated rings. The quantitative estimate of drug-likeness (QED) is 0.744. The molecule has 28 heavy (non-hydrogen) atoms. The maximum absolute atomic E-state index is 13.5. The smallest absolute Gasteiger partial charge is 0.123 e. The molecule has 0 radical (unpaired) electrons. The Labute approximate surface area is 164 Å². The van der Waals surface area contributed by atoms with Gasteiger partial charge in [-0.3, -0.25) is 0 Å². The number of nitrogens with one attached hydrogen (secondary N) is 1. The van der Waals surface area contributed by atoms with Gasteiger partial charge in [-0.25, -0.2) is 4.39 Å². The molecule has 0 aliphatic heterocycles. The number of benzene rings is 3. The standard InChI is InChI=1S/C25H21FN2/c1-28(2)24-13-8-18(9-14-24)25(17-5-10-22(26)11-6-17)21-4-3-20-16-23(27)12-7-19(20)15-21/h3-16,27H,1-2H3/b25-21-,27-23?. The SMILES string of the molecule is CN(C)c1ccc(/C(c2ccc(F)cc2)=c2/ccc3c(c2)C=CC(=N)C=3)cc1. The van der Waals surface area contributed by atoms with Gasteiger partial charge in [0.05, 0.1) is 5.71 Å². The first-order valence-corrected chi connectivity index (χ1v) is 9.18. The Hall–Kier alpha value is -3.46. The Morgan fingerprint density at radius 3 is 2.11 bits per heavy atom. The van der Waals surface area contributed by atoms with Crippen LogP contribution in [0.15, 0.2) is 72.8 Å². The van der Waals surface area contributed by atoms with E-state index < -0.39 is 0 Å². The second-order valence-electron chi connectivity index (χ2n) is 7.10. The first-order chi connectivity index (χ1) is 13.5. The molecule has 4 rings (SSSR count). The Kier molecular flexibility index (Phi) is 4.66. The average Bonchev–Trinajstić information content (AvgIpc) is 2.70. The van der Waals surface area contributed by atoms with Crippen LogP contribution in [0, 0.1) is 11.2 Å². The van der Waals surface area contributed by atoms with E-state index >= 15 is 0 Å². The largest absolute Gasteiger partial charge is 0.378 e. The minimum Gasteiger partial charge on any atom is -0.378 e. The van der Waals surface area contributed by atoms with Gasteiger partial charge in [-0.15, -0.1) is 0 Å². The molecule has 138 valence electrons. The normalized spacial score (nSPS) is 13.6. The molecule has 0 amide bonds. The highest BCUT2D eigenvalue weighted by Gasteiger charge is 2.09. The van der Waals surface area contributed by atoms with Gasteiger partial charge in [-0.2, -0.15) is 0 Å². The maximum atomic E-state index is 13.5. The van der Waals surface area contributed by atoms with Gasteiger partial charge < -0.3 is 10.3 Å². The first kappa shape index (κ1) is 17.9. The summed E-state index contributed by atoms with van der Waals surface area (Å²) in [5.74, 6) is -0.243. The monoisotopic (exact) mass is 368 g/mol. The Morgan fingerprint density at radius 1 is 0.821 bits per heavy atom. The fraction of sp³-hybridized carbons (Fsp3) is 0.0800. The van der Waals surface area contributed by atoms with Crippen LogP contribution in [0.4, 0.5) is 10.1 Å². The summed E-state index contributed by atoms with van der Waals surface area (Å²) < 4.78 is 13.5. The van der Waals surface area contributed by atoms with Crippen molar-refractivity contribution in [3.8, 4) is 0 Å². The summed E-state index contributed by atoms with van der Waals surface area (Å²) in [4.78, 5) is 2.07. The van der Waals surface area contributed by atoms with Gasteiger partial charge in [0.15, 0.2) is 0 Å². The van der Waals surface area contributed by atoms with Crippen LogP contribution in [0.5, 0.6) is 0 Å². The predicted octanol–water partition coefficient (Wildman–Crippen LogP) is 3.97. The van der Waals surface area contributed by atoms with Crippen molar-refractivity contribution in [1.82, 2.24) is 0 Å². The van der Waals surface area contributed by atoms with Crippen LogP contribution in [0.1, 0.15) is 16.7 Å². The van der Waals surface area contributed by atoms with E-state index in [1.165, 1.54) is 12.1 Å². The van der Waals surface area contributed by atoms with Crippen molar-refractivity contribution in [3.63, 3.8) is 0 Å². The van der Waals surface area contributed by atoms with E-state index in [4.69, 9.17) is 5.41 Å². The summed E-state index contributed by atoms with van der Waals surface area (Å²) in [6.45, 7) is 0. The predicted molar refractivity (Wildman–Crippen MR) is 116 cm³/mol. The van der Waals surface area contributed by atoms with E-state index in [2.05, 4.69) is 41.3 Å². The van der Waals surface area contributed by atoms with Gasteiger partial charge in [-0.1, -0.05) is 42.5 Å². The molecule has 0 aromatic heterocycles. The minimum atomic E-state index is -0.243. The van der Waals surface area contributed by atoms with E-state index in [9.17, 15) is 4.39 Å². The fourth-order valence-corrected chi connectivity index (χ4v) is 3.44. The van der Waals surface area contributed by atoms with Crippen molar-refractivity contribution in [3.05, 3.63) is 106 Å². The molecular formula is C25H21FN2. The number of halogens is 1. The van der Waals surface area contributed by atoms with Crippen molar-refractivity contribution in [2.45, 2.75) is 0 Å². The summed E-state index contributed by atoms with van der Waals surface area (Å²) in [6, 6.07) is 21.3. The number of fused-ring (bicyclic) bond motifs is 1. The molecule has 1 aliphatic carbocycles. The van der Waals surface area contributed by atoms with Crippen molar-refractivity contribution >= 4 is 29.1 Å². The second kappa shape index (κ2) is 7.28. The minimum absolute atomic E-state index is 0.243. The second-order valence-corrected chi connectivity index (χ2v) is 7.10. The van der Waals surface area contributed by atoms with Crippen LogP contribution >= 0.6 is 0 Å². The van der Waals surface area contributed by atoms with Crippen molar-refractivity contribution < 1.29 is 4.39 Å². The molecule has 0 saturated heterocycles. The van der Waals surface area contributed by atoms with Crippen molar-refractivity contribution in [2.24, 2.45) is 0 Å². The molecule has 0 unspecified atom stereocenters. The number of hydrogen-bond donors (Lipinski definition) is 1. The molecule has 1 aliphatic rings. The molecule has 3 heteroatoms. The van der Waals surface area contributed by atoms with E-state index in [1.807, 2.05) is 44.4 Å². The summed E-state index contributed by atoms with van der Waals surface area (Å²) in [5.41, 5.74) is 5.82. The highest BCUT2D eigenvalue weighted by molar-refractivity contribution is 6.18. The molecule has 0 saturated carbocycles. The first-order valence-electron chi connectivity index (χ1n) is 9.18. The van der Waals surface area contributed by atoms with Crippen molar-refractivity contribution in [2.75, 3.05) is 19.0 Å². The Morgan fingerprint density at radius 2 is 1.46 bits per heavy atom. The molecule has 0 spiro atoms. The lowest BCUT2D eigenvalue weighted by Gasteiger charge is -2.15. The van der Waals surface area contributed by atoms with Gasteiger partial charge in [-0.05, 0) is 75.2 Å². The highest BCUT2D eigenvalue weighted by atomic mass is 19.1. The van der Waals surface area contributed by atoms with Gasteiger partial charge in [0, 0.05) is 19.8 Å².